The Morgan fingerprint density at radius 2 is 1.48 bits per heavy atom. The second kappa shape index (κ2) is 6.72. The predicted octanol–water partition coefficient (Wildman–Crippen LogP) is 4.85. The lowest BCUT2D eigenvalue weighted by Crippen LogP contribution is -2.22. The minimum absolute atomic E-state index is 0.229. The summed E-state index contributed by atoms with van der Waals surface area (Å²) in [5, 5.41) is 0. The first-order valence-corrected chi connectivity index (χ1v) is 11.0. The molecule has 0 N–H and O–H groups in total. The van der Waals surface area contributed by atoms with Crippen LogP contribution in [0.2, 0.25) is 25.7 Å². The SMILES string of the molecule is C[Si](C)(C)CCOC(=O)c1ccc(-c2ccccc2)cc1. The van der Waals surface area contributed by atoms with Crippen LogP contribution in [0.15, 0.2) is 54.6 Å². The fourth-order valence-electron chi connectivity index (χ4n) is 1.96. The van der Waals surface area contributed by atoms with Gasteiger partial charge < -0.3 is 4.74 Å². The molecule has 0 radical (unpaired) electrons. The molecule has 21 heavy (non-hydrogen) atoms. The van der Waals surface area contributed by atoms with Crippen molar-refractivity contribution in [3.8, 4) is 11.1 Å². The lowest BCUT2D eigenvalue weighted by molar-refractivity contribution is 0.0525. The van der Waals surface area contributed by atoms with Crippen molar-refractivity contribution in [1.29, 1.82) is 0 Å². The van der Waals surface area contributed by atoms with Crippen LogP contribution in [0.25, 0.3) is 11.1 Å². The summed E-state index contributed by atoms with van der Waals surface area (Å²) in [5.74, 6) is -0.229. The van der Waals surface area contributed by atoms with Gasteiger partial charge in [-0.3, -0.25) is 0 Å². The van der Waals surface area contributed by atoms with E-state index >= 15 is 0 Å². The molecule has 0 aliphatic carbocycles. The molecule has 0 heterocycles. The topological polar surface area (TPSA) is 26.3 Å². The molecule has 0 bridgehead atoms. The van der Waals surface area contributed by atoms with Crippen LogP contribution in [0.3, 0.4) is 0 Å². The zero-order valence-electron chi connectivity index (χ0n) is 12.9. The number of carbonyl (C=O) groups excluding carboxylic acids is 1. The van der Waals surface area contributed by atoms with E-state index in [1.54, 1.807) is 0 Å². The van der Waals surface area contributed by atoms with Crippen molar-refractivity contribution in [3.63, 3.8) is 0 Å². The average Bonchev–Trinajstić information content (AvgIpc) is 2.47. The minimum atomic E-state index is -1.16. The van der Waals surface area contributed by atoms with Crippen molar-refractivity contribution in [2.75, 3.05) is 6.61 Å². The van der Waals surface area contributed by atoms with Crippen LogP contribution in [-0.4, -0.2) is 20.7 Å². The molecule has 0 unspecified atom stereocenters. The molecule has 110 valence electrons. The minimum Gasteiger partial charge on any atom is -0.462 e. The Hall–Kier alpha value is -1.87. The molecule has 2 nitrogen and oxygen atoms in total. The zero-order chi connectivity index (χ0) is 15.3. The number of esters is 1. The first-order valence-electron chi connectivity index (χ1n) is 7.28. The van der Waals surface area contributed by atoms with Gasteiger partial charge in [-0.2, -0.15) is 0 Å². The maximum absolute atomic E-state index is 12.0. The highest BCUT2D eigenvalue weighted by Crippen LogP contribution is 2.19. The quantitative estimate of drug-likeness (QED) is 0.582. The van der Waals surface area contributed by atoms with Gasteiger partial charge >= 0.3 is 5.97 Å². The number of rotatable bonds is 5. The van der Waals surface area contributed by atoms with Crippen LogP contribution in [0.5, 0.6) is 0 Å². The molecular formula is C18H22O2Si. The summed E-state index contributed by atoms with van der Waals surface area (Å²) in [6, 6.07) is 18.7. The molecule has 0 saturated carbocycles. The van der Waals surface area contributed by atoms with Crippen molar-refractivity contribution in [2.24, 2.45) is 0 Å². The van der Waals surface area contributed by atoms with Gasteiger partial charge in [-0.1, -0.05) is 62.1 Å². The second-order valence-corrected chi connectivity index (χ2v) is 12.0. The fraction of sp³-hybridized carbons (Fsp3) is 0.278. The highest BCUT2D eigenvalue weighted by molar-refractivity contribution is 6.76. The molecular weight excluding hydrogens is 276 g/mol. The molecule has 0 atom stereocenters. The monoisotopic (exact) mass is 298 g/mol. The third-order valence-electron chi connectivity index (χ3n) is 3.31. The predicted molar refractivity (Wildman–Crippen MR) is 90.3 cm³/mol. The van der Waals surface area contributed by atoms with Crippen molar-refractivity contribution < 1.29 is 9.53 Å². The Morgan fingerprint density at radius 1 is 0.905 bits per heavy atom. The van der Waals surface area contributed by atoms with E-state index < -0.39 is 8.07 Å². The molecule has 0 saturated heterocycles. The standard InChI is InChI=1S/C18H22O2Si/c1-21(2,3)14-13-20-18(19)17-11-9-16(10-12-17)15-7-5-4-6-8-15/h4-12H,13-14H2,1-3H3. The van der Waals surface area contributed by atoms with Gasteiger partial charge in [-0.25, -0.2) is 4.79 Å². The summed E-state index contributed by atoms with van der Waals surface area (Å²) in [5.41, 5.74) is 2.87. The number of ether oxygens (including phenoxy) is 1. The van der Waals surface area contributed by atoms with E-state index in [2.05, 4.69) is 31.8 Å². The van der Waals surface area contributed by atoms with E-state index in [0.717, 1.165) is 17.2 Å². The van der Waals surface area contributed by atoms with Gasteiger partial charge in [0.05, 0.1) is 12.2 Å². The summed E-state index contributed by atoms with van der Waals surface area (Å²) in [6.45, 7) is 7.34. The molecule has 0 aromatic heterocycles. The summed E-state index contributed by atoms with van der Waals surface area (Å²) in [4.78, 5) is 12.0. The van der Waals surface area contributed by atoms with Gasteiger partial charge in [-0.15, -0.1) is 0 Å². The van der Waals surface area contributed by atoms with Crippen molar-refractivity contribution in [3.05, 3.63) is 60.2 Å². The molecule has 0 aliphatic rings. The highest BCUT2D eigenvalue weighted by Gasteiger charge is 2.14. The van der Waals surface area contributed by atoms with Crippen LogP contribution >= 0.6 is 0 Å². The maximum Gasteiger partial charge on any atom is 0.338 e. The van der Waals surface area contributed by atoms with Gasteiger partial charge in [0.2, 0.25) is 0 Å². The molecule has 2 aromatic rings. The molecule has 3 heteroatoms. The first kappa shape index (κ1) is 15.5. The fourth-order valence-corrected chi connectivity index (χ4v) is 2.68. The van der Waals surface area contributed by atoms with Gasteiger partial charge in [0.15, 0.2) is 0 Å². The normalized spacial score (nSPS) is 11.2. The summed E-state index contributed by atoms with van der Waals surface area (Å²) >= 11 is 0. The van der Waals surface area contributed by atoms with E-state index in [-0.39, 0.29) is 5.97 Å². The third-order valence-corrected chi connectivity index (χ3v) is 5.02. The molecule has 0 spiro atoms. The summed E-state index contributed by atoms with van der Waals surface area (Å²) in [6.07, 6.45) is 0. The van der Waals surface area contributed by atoms with Crippen LogP contribution in [-0.2, 0) is 4.74 Å². The number of hydrogen-bond acceptors (Lipinski definition) is 2. The summed E-state index contributed by atoms with van der Waals surface area (Å²) < 4.78 is 5.35. The Kier molecular flexibility index (Phi) is 4.97. The van der Waals surface area contributed by atoms with E-state index in [0.29, 0.717) is 12.2 Å². The Balaban J connectivity index is 1.97. The molecule has 0 aliphatic heterocycles. The van der Waals surface area contributed by atoms with Crippen molar-refractivity contribution >= 4 is 14.0 Å². The van der Waals surface area contributed by atoms with E-state index in [9.17, 15) is 4.79 Å². The van der Waals surface area contributed by atoms with Crippen LogP contribution in [0, 0.1) is 0 Å². The van der Waals surface area contributed by atoms with Crippen LogP contribution in [0.4, 0.5) is 0 Å². The Morgan fingerprint density at radius 3 is 2.05 bits per heavy atom. The molecule has 0 fully saturated rings. The zero-order valence-corrected chi connectivity index (χ0v) is 13.9. The van der Waals surface area contributed by atoms with E-state index in [4.69, 9.17) is 4.74 Å². The smallest absolute Gasteiger partial charge is 0.338 e. The Labute approximate surface area is 127 Å². The van der Waals surface area contributed by atoms with Gasteiger partial charge in [0.1, 0.15) is 0 Å². The molecule has 2 rings (SSSR count). The second-order valence-electron chi connectivity index (χ2n) is 6.39. The Bertz CT molecular complexity index is 583. The number of benzene rings is 2. The molecule has 0 amide bonds. The first-order chi connectivity index (χ1) is 9.96. The highest BCUT2D eigenvalue weighted by atomic mass is 28.3. The number of carbonyl (C=O) groups is 1. The van der Waals surface area contributed by atoms with Gasteiger partial charge in [-0.05, 0) is 29.3 Å². The third kappa shape index (κ3) is 4.87. The van der Waals surface area contributed by atoms with Gasteiger partial charge in [0, 0.05) is 8.07 Å². The summed E-state index contributed by atoms with van der Waals surface area (Å²) in [7, 11) is -1.16. The van der Waals surface area contributed by atoms with Crippen molar-refractivity contribution in [1.82, 2.24) is 0 Å². The van der Waals surface area contributed by atoms with E-state index in [1.807, 2.05) is 42.5 Å². The average molecular weight is 298 g/mol. The van der Waals surface area contributed by atoms with Gasteiger partial charge in [0.25, 0.3) is 0 Å². The van der Waals surface area contributed by atoms with Crippen molar-refractivity contribution in [2.45, 2.75) is 25.7 Å². The lowest BCUT2D eigenvalue weighted by atomic mass is 10.0. The lowest BCUT2D eigenvalue weighted by Gasteiger charge is -2.15. The largest absolute Gasteiger partial charge is 0.462 e. The molecule has 2 aromatic carbocycles. The number of hydrogen-bond donors (Lipinski definition) is 0. The van der Waals surface area contributed by atoms with E-state index in [1.165, 1.54) is 0 Å². The van der Waals surface area contributed by atoms with Crippen LogP contribution < -0.4 is 0 Å². The maximum atomic E-state index is 12.0. The van der Waals surface area contributed by atoms with Crippen LogP contribution in [0.1, 0.15) is 10.4 Å².